The fourth-order valence-corrected chi connectivity index (χ4v) is 3.78. The predicted molar refractivity (Wildman–Crippen MR) is 161 cm³/mol. The van der Waals surface area contributed by atoms with E-state index in [1.807, 2.05) is 33.3 Å². The minimum atomic E-state index is -4.37. The average molecular weight is 601 g/mol. The molecule has 0 heterocycles. The van der Waals surface area contributed by atoms with E-state index in [9.17, 15) is 24.2 Å². The SMILES string of the molecule is CC/C=C\C/C=C\C/C=C\C/C=C\C=C\C(O)CCCC(=O)OC[C@H](COP(=O)(O)OCC[N+](C)(C)C)OC(C)=O. The summed E-state index contributed by atoms with van der Waals surface area (Å²) >= 11 is 0. The molecule has 0 saturated heterocycles. The molecule has 3 atom stereocenters. The van der Waals surface area contributed by atoms with Gasteiger partial charge in [-0.25, -0.2) is 4.57 Å². The Balaban J connectivity index is 4.24. The van der Waals surface area contributed by atoms with Gasteiger partial charge in [-0.2, -0.15) is 0 Å². The lowest BCUT2D eigenvalue weighted by atomic mass is 10.1. The molecule has 0 aliphatic heterocycles. The van der Waals surface area contributed by atoms with Crippen LogP contribution in [0.15, 0.2) is 60.8 Å². The molecule has 2 N–H and O–H groups in total. The first-order valence-electron chi connectivity index (χ1n) is 14.1. The second kappa shape index (κ2) is 23.3. The van der Waals surface area contributed by atoms with E-state index < -0.39 is 38.6 Å². The highest BCUT2D eigenvalue weighted by Crippen LogP contribution is 2.43. The molecular formula is C30H51NO9P+. The highest BCUT2D eigenvalue weighted by molar-refractivity contribution is 7.47. The first-order chi connectivity index (χ1) is 19.3. The lowest BCUT2D eigenvalue weighted by Crippen LogP contribution is -2.37. The predicted octanol–water partition coefficient (Wildman–Crippen LogP) is 5.19. The molecule has 11 heteroatoms. The molecule has 0 bridgehead atoms. The Morgan fingerprint density at radius 2 is 1.51 bits per heavy atom. The number of carbonyl (C=O) groups is 2. The molecule has 0 saturated carbocycles. The third kappa shape index (κ3) is 27.6. The van der Waals surface area contributed by atoms with E-state index in [1.54, 1.807) is 12.2 Å². The van der Waals surface area contributed by atoms with Gasteiger partial charge in [0.1, 0.15) is 19.8 Å². The van der Waals surface area contributed by atoms with E-state index in [2.05, 4.69) is 43.4 Å². The van der Waals surface area contributed by atoms with Crippen LogP contribution < -0.4 is 0 Å². The molecule has 0 spiro atoms. The number of aliphatic hydroxyl groups excluding tert-OH is 1. The monoisotopic (exact) mass is 600 g/mol. The van der Waals surface area contributed by atoms with Crippen molar-refractivity contribution in [3.8, 4) is 0 Å². The second-order valence-electron chi connectivity index (χ2n) is 10.3. The Morgan fingerprint density at radius 3 is 2.10 bits per heavy atom. The number of esters is 2. The minimum Gasteiger partial charge on any atom is -0.462 e. The molecule has 0 radical (unpaired) electrons. The first kappa shape index (κ1) is 38.7. The lowest BCUT2D eigenvalue weighted by molar-refractivity contribution is -0.870. The van der Waals surface area contributed by atoms with Crippen LogP contribution in [-0.4, -0.2) is 86.1 Å². The standard InChI is InChI=1S/C30H50NO9P/c1-6-7-8-9-10-11-12-13-14-15-16-17-18-20-28(33)21-19-22-30(34)37-25-29(40-27(2)32)26-39-41(35,36)38-24-23-31(3,4)5/h7-8,10-11,13-14,16-18,20,28-29,33H,6,9,12,15,19,21-26H2,1-5H3/p+1/b8-7-,11-10-,14-13-,17-16-,20-18+/t28?,29-/m1/s1. The van der Waals surface area contributed by atoms with Gasteiger partial charge in [0, 0.05) is 13.3 Å². The largest absolute Gasteiger partial charge is 0.472 e. The summed E-state index contributed by atoms with van der Waals surface area (Å²) in [6.45, 7) is 2.94. The molecule has 0 aromatic heterocycles. The molecule has 0 aliphatic rings. The number of carbonyl (C=O) groups excluding carboxylic acids is 2. The first-order valence-corrected chi connectivity index (χ1v) is 15.6. The maximum atomic E-state index is 12.1. The second-order valence-corrected chi connectivity index (χ2v) is 11.8. The van der Waals surface area contributed by atoms with Crippen molar-refractivity contribution >= 4 is 19.8 Å². The Bertz CT molecular complexity index is 919. The third-order valence-electron chi connectivity index (χ3n) is 5.22. The number of quaternary nitrogens is 1. The molecule has 0 amide bonds. The molecule has 0 aliphatic carbocycles. The van der Waals surface area contributed by atoms with Gasteiger partial charge in [0.15, 0.2) is 6.10 Å². The van der Waals surface area contributed by atoms with Crippen molar-refractivity contribution in [1.82, 2.24) is 0 Å². The summed E-state index contributed by atoms with van der Waals surface area (Å²) in [5.41, 5.74) is 0. The fraction of sp³-hybridized carbons (Fsp3) is 0.600. The molecule has 234 valence electrons. The van der Waals surface area contributed by atoms with E-state index >= 15 is 0 Å². The number of allylic oxidation sites excluding steroid dienone is 9. The molecule has 0 fully saturated rings. The number of nitrogens with zero attached hydrogens (tertiary/aromatic N) is 1. The minimum absolute atomic E-state index is 0.00498. The highest BCUT2D eigenvalue weighted by atomic mass is 31.2. The van der Waals surface area contributed by atoms with E-state index in [4.69, 9.17) is 18.5 Å². The number of phosphoric acid groups is 1. The normalized spacial score (nSPS) is 15.8. The summed E-state index contributed by atoms with van der Waals surface area (Å²) in [6.07, 6.45) is 22.8. The van der Waals surface area contributed by atoms with Crippen LogP contribution in [0.4, 0.5) is 0 Å². The summed E-state index contributed by atoms with van der Waals surface area (Å²) in [5, 5.41) is 10.1. The number of hydrogen-bond acceptors (Lipinski definition) is 8. The average Bonchev–Trinajstić information content (AvgIpc) is 2.87. The lowest BCUT2D eigenvalue weighted by Gasteiger charge is -2.24. The molecule has 2 unspecified atom stereocenters. The summed E-state index contributed by atoms with van der Waals surface area (Å²) in [4.78, 5) is 33.3. The Kier molecular flexibility index (Phi) is 21.9. The maximum absolute atomic E-state index is 12.1. The van der Waals surface area contributed by atoms with Gasteiger partial charge in [0.25, 0.3) is 0 Å². The zero-order valence-electron chi connectivity index (χ0n) is 25.4. The summed E-state index contributed by atoms with van der Waals surface area (Å²) in [7, 11) is 1.35. The number of hydrogen-bond donors (Lipinski definition) is 2. The van der Waals surface area contributed by atoms with Crippen molar-refractivity contribution in [1.29, 1.82) is 0 Å². The molecule has 0 aromatic rings. The van der Waals surface area contributed by atoms with Gasteiger partial charge in [-0.05, 0) is 38.5 Å². The Hall–Kier alpha value is -2.33. The van der Waals surface area contributed by atoms with Gasteiger partial charge in [0.2, 0.25) is 0 Å². The maximum Gasteiger partial charge on any atom is 0.472 e. The zero-order chi connectivity index (χ0) is 31.0. The number of likely N-dealkylation sites (N-methyl/N-ethyl adjacent to an activating group) is 1. The van der Waals surface area contributed by atoms with Crippen molar-refractivity contribution in [2.24, 2.45) is 0 Å². The van der Waals surface area contributed by atoms with E-state index in [-0.39, 0.29) is 19.6 Å². The quantitative estimate of drug-likeness (QED) is 0.0535. The van der Waals surface area contributed by atoms with Crippen molar-refractivity contribution in [3.05, 3.63) is 60.8 Å². The molecule has 41 heavy (non-hydrogen) atoms. The van der Waals surface area contributed by atoms with Crippen LogP contribution in [0.1, 0.15) is 58.8 Å². The summed E-state index contributed by atoms with van der Waals surface area (Å²) in [5.74, 6) is -1.21. The van der Waals surface area contributed by atoms with E-state index in [0.29, 0.717) is 23.9 Å². The van der Waals surface area contributed by atoms with Crippen LogP contribution >= 0.6 is 7.82 Å². The van der Waals surface area contributed by atoms with Crippen molar-refractivity contribution in [3.63, 3.8) is 0 Å². The van der Waals surface area contributed by atoms with Gasteiger partial charge in [-0.15, -0.1) is 0 Å². The number of phosphoric ester groups is 1. The zero-order valence-corrected chi connectivity index (χ0v) is 26.2. The van der Waals surface area contributed by atoms with Gasteiger partial charge in [-0.1, -0.05) is 67.7 Å². The van der Waals surface area contributed by atoms with Gasteiger partial charge < -0.3 is 24.0 Å². The highest BCUT2D eigenvalue weighted by Gasteiger charge is 2.26. The number of rotatable bonds is 23. The third-order valence-corrected chi connectivity index (χ3v) is 6.20. The van der Waals surface area contributed by atoms with E-state index in [1.165, 1.54) is 6.92 Å². The summed E-state index contributed by atoms with van der Waals surface area (Å²) < 4.78 is 32.6. The van der Waals surface area contributed by atoms with E-state index in [0.717, 1.165) is 25.7 Å². The van der Waals surface area contributed by atoms with Gasteiger partial charge in [0.05, 0.1) is 33.9 Å². The smallest absolute Gasteiger partial charge is 0.462 e. The van der Waals surface area contributed by atoms with Crippen LogP contribution in [0.5, 0.6) is 0 Å². The fourth-order valence-electron chi connectivity index (χ4n) is 3.04. The van der Waals surface area contributed by atoms with Crippen molar-refractivity contribution in [2.45, 2.75) is 71.0 Å². The Morgan fingerprint density at radius 1 is 0.902 bits per heavy atom. The number of aliphatic hydroxyl groups is 1. The van der Waals surface area contributed by atoms with Gasteiger partial charge >= 0.3 is 19.8 Å². The van der Waals surface area contributed by atoms with Crippen LogP contribution in [0.2, 0.25) is 0 Å². The number of ether oxygens (including phenoxy) is 2. The molecule has 0 aromatic carbocycles. The molecule has 10 nitrogen and oxygen atoms in total. The van der Waals surface area contributed by atoms with Crippen LogP contribution in [0.3, 0.4) is 0 Å². The molecule has 0 rings (SSSR count). The van der Waals surface area contributed by atoms with Crippen molar-refractivity contribution < 1.29 is 47.2 Å². The topological polar surface area (TPSA) is 129 Å². The van der Waals surface area contributed by atoms with Crippen LogP contribution in [-0.2, 0) is 32.7 Å². The van der Waals surface area contributed by atoms with Crippen LogP contribution in [0, 0.1) is 0 Å². The van der Waals surface area contributed by atoms with Crippen molar-refractivity contribution in [2.75, 3.05) is 47.5 Å². The Labute approximate surface area is 246 Å². The summed E-state index contributed by atoms with van der Waals surface area (Å²) in [6, 6.07) is 0. The van der Waals surface area contributed by atoms with Crippen LogP contribution in [0.25, 0.3) is 0 Å². The van der Waals surface area contributed by atoms with Gasteiger partial charge in [-0.3, -0.25) is 18.6 Å². The molecular weight excluding hydrogens is 549 g/mol.